The van der Waals surface area contributed by atoms with Gasteiger partial charge in [0.25, 0.3) is 0 Å². The van der Waals surface area contributed by atoms with Crippen LogP contribution in [0.4, 0.5) is 0 Å². The highest BCUT2D eigenvalue weighted by molar-refractivity contribution is 7.10. The fourth-order valence-corrected chi connectivity index (χ4v) is 6.62. The first kappa shape index (κ1) is 34.7. The summed E-state index contributed by atoms with van der Waals surface area (Å²) in [4.78, 5) is 5.89. The van der Waals surface area contributed by atoms with E-state index < -0.39 is 0 Å². The Balaban J connectivity index is 0.000000238. The summed E-state index contributed by atoms with van der Waals surface area (Å²) in [6.07, 6.45) is 24.0. The predicted octanol–water partition coefficient (Wildman–Crippen LogP) is 10.3. The SMILES string of the molecule is CCCCCCCCCCCCn1cncc1-c1ccccc1.CCc1sccc1CCCCBc1ccccc1OC. The van der Waals surface area contributed by atoms with Crippen LogP contribution in [0.2, 0.25) is 6.32 Å². The number of ether oxygens (including phenoxy) is 1. The number of methoxy groups -OCH3 is 1. The van der Waals surface area contributed by atoms with E-state index in [1.54, 1.807) is 17.6 Å². The van der Waals surface area contributed by atoms with E-state index in [0.717, 1.165) is 19.6 Å². The Morgan fingerprint density at radius 3 is 2.19 bits per heavy atom. The van der Waals surface area contributed by atoms with E-state index in [-0.39, 0.29) is 0 Å². The molecule has 0 atom stereocenters. The number of unbranched alkanes of at least 4 members (excludes halogenated alkanes) is 10. The third-order valence-corrected chi connectivity index (χ3v) is 9.39. The lowest BCUT2D eigenvalue weighted by Crippen LogP contribution is -2.16. The minimum Gasteiger partial charge on any atom is -0.497 e. The average molecular weight is 599 g/mol. The predicted molar refractivity (Wildman–Crippen MR) is 191 cm³/mol. The third kappa shape index (κ3) is 13.2. The molecule has 0 fully saturated rings. The second-order valence-corrected chi connectivity index (χ2v) is 12.6. The van der Waals surface area contributed by atoms with Gasteiger partial charge in [-0.3, -0.25) is 0 Å². The van der Waals surface area contributed by atoms with Gasteiger partial charge < -0.3 is 9.30 Å². The number of imidazole rings is 1. The molecule has 43 heavy (non-hydrogen) atoms. The minimum absolute atomic E-state index is 1.03. The van der Waals surface area contributed by atoms with Gasteiger partial charge in [-0.15, -0.1) is 11.3 Å². The van der Waals surface area contributed by atoms with Crippen LogP contribution in [-0.2, 0) is 19.4 Å². The maximum Gasteiger partial charge on any atom is 0.162 e. The molecule has 0 aliphatic heterocycles. The van der Waals surface area contributed by atoms with Crippen molar-refractivity contribution >= 4 is 24.1 Å². The fraction of sp³-hybridized carbons (Fsp3) is 0.500. The molecular weight excluding hydrogens is 543 g/mol. The van der Waals surface area contributed by atoms with Crippen molar-refractivity contribution in [2.75, 3.05) is 7.11 Å². The lowest BCUT2D eigenvalue weighted by Gasteiger charge is -2.08. The zero-order chi connectivity index (χ0) is 30.4. The molecule has 3 nitrogen and oxygen atoms in total. The Morgan fingerprint density at radius 1 is 0.767 bits per heavy atom. The van der Waals surface area contributed by atoms with Crippen molar-refractivity contribution in [2.24, 2.45) is 0 Å². The lowest BCUT2D eigenvalue weighted by atomic mass is 9.65. The van der Waals surface area contributed by atoms with Crippen LogP contribution in [0.1, 0.15) is 101 Å². The Morgan fingerprint density at radius 2 is 1.47 bits per heavy atom. The van der Waals surface area contributed by atoms with Gasteiger partial charge in [0.15, 0.2) is 7.28 Å². The molecule has 0 saturated heterocycles. The zero-order valence-corrected chi connectivity index (χ0v) is 28.1. The van der Waals surface area contributed by atoms with Crippen molar-refractivity contribution in [3.8, 4) is 17.0 Å². The third-order valence-electron chi connectivity index (χ3n) is 8.28. The van der Waals surface area contributed by atoms with Crippen molar-refractivity contribution in [1.82, 2.24) is 9.55 Å². The Kier molecular flexibility index (Phi) is 17.6. The molecule has 4 rings (SSSR count). The molecule has 4 aromatic rings. The Bertz CT molecular complexity index is 1240. The van der Waals surface area contributed by atoms with Gasteiger partial charge >= 0.3 is 0 Å². The van der Waals surface area contributed by atoms with E-state index in [1.807, 2.05) is 36.0 Å². The molecule has 0 aliphatic rings. The maximum absolute atomic E-state index is 5.39. The standard InChI is InChI=1S/C21H32N2.C17H23BOS/c1-2-3-4-5-6-7-8-9-10-14-17-23-19-22-18-21(23)20-15-12-11-13-16-20;1-3-17-14(11-13-20-17)8-6-7-12-18-15-9-4-5-10-16(15)19-2/h11-13,15-16,18-19H,2-10,14,17H2,1H3;4-5,9-11,13,18H,3,6-8,12H2,1-2H3. The number of hydrogen-bond acceptors (Lipinski definition) is 3. The molecule has 0 radical (unpaired) electrons. The van der Waals surface area contributed by atoms with E-state index in [2.05, 4.69) is 77.3 Å². The van der Waals surface area contributed by atoms with E-state index in [1.165, 1.54) is 113 Å². The van der Waals surface area contributed by atoms with Crippen LogP contribution in [0.5, 0.6) is 5.75 Å². The van der Waals surface area contributed by atoms with Crippen molar-refractivity contribution in [1.29, 1.82) is 0 Å². The van der Waals surface area contributed by atoms with Gasteiger partial charge in [0.1, 0.15) is 5.75 Å². The topological polar surface area (TPSA) is 27.1 Å². The molecule has 232 valence electrons. The molecule has 0 N–H and O–H groups in total. The first-order valence-corrected chi connectivity index (χ1v) is 17.9. The monoisotopic (exact) mass is 598 g/mol. The van der Waals surface area contributed by atoms with Gasteiger partial charge in [0.05, 0.1) is 25.3 Å². The van der Waals surface area contributed by atoms with E-state index in [0.29, 0.717) is 0 Å². The highest BCUT2D eigenvalue weighted by Gasteiger charge is 2.06. The van der Waals surface area contributed by atoms with Crippen LogP contribution in [0.25, 0.3) is 11.3 Å². The number of thiophene rings is 1. The summed E-state index contributed by atoms with van der Waals surface area (Å²) >= 11 is 1.90. The number of aromatic nitrogens is 2. The van der Waals surface area contributed by atoms with Crippen LogP contribution >= 0.6 is 11.3 Å². The molecule has 2 aromatic heterocycles. The zero-order valence-electron chi connectivity index (χ0n) is 27.2. The van der Waals surface area contributed by atoms with Crippen LogP contribution in [0, 0.1) is 0 Å². The molecule has 2 aromatic carbocycles. The molecule has 2 heterocycles. The first-order chi connectivity index (χ1) is 21.3. The molecule has 0 amide bonds. The largest absolute Gasteiger partial charge is 0.497 e. The summed E-state index contributed by atoms with van der Waals surface area (Å²) in [7, 11) is 2.87. The van der Waals surface area contributed by atoms with Gasteiger partial charge in [0, 0.05) is 11.4 Å². The van der Waals surface area contributed by atoms with Crippen molar-refractivity contribution in [3.05, 3.63) is 89.0 Å². The van der Waals surface area contributed by atoms with Crippen LogP contribution in [0.15, 0.2) is 78.6 Å². The summed E-state index contributed by atoms with van der Waals surface area (Å²) in [6.45, 7) is 5.61. The van der Waals surface area contributed by atoms with Crippen LogP contribution in [-0.4, -0.2) is 23.9 Å². The van der Waals surface area contributed by atoms with Gasteiger partial charge in [0.2, 0.25) is 0 Å². The quantitative estimate of drug-likeness (QED) is 0.0748. The molecular formula is C38H55BN2OS. The van der Waals surface area contributed by atoms with E-state index in [9.17, 15) is 0 Å². The summed E-state index contributed by atoms with van der Waals surface area (Å²) in [5, 5.41) is 2.23. The minimum atomic E-state index is 1.03. The maximum atomic E-state index is 5.39. The highest BCUT2D eigenvalue weighted by Crippen LogP contribution is 2.21. The molecule has 0 bridgehead atoms. The summed E-state index contributed by atoms with van der Waals surface area (Å²) in [5.74, 6) is 1.03. The lowest BCUT2D eigenvalue weighted by molar-refractivity contribution is 0.418. The second kappa shape index (κ2) is 21.8. The van der Waals surface area contributed by atoms with E-state index >= 15 is 0 Å². The average Bonchev–Trinajstić information content (AvgIpc) is 3.72. The Hall–Kier alpha value is -2.79. The molecule has 0 unspecified atom stereocenters. The fourth-order valence-electron chi connectivity index (χ4n) is 5.74. The second-order valence-electron chi connectivity index (χ2n) is 11.6. The number of hydrogen-bond donors (Lipinski definition) is 0. The van der Waals surface area contributed by atoms with Crippen LogP contribution in [0.3, 0.4) is 0 Å². The number of aryl methyl sites for hydroxylation is 3. The smallest absolute Gasteiger partial charge is 0.162 e. The number of rotatable bonds is 20. The normalized spacial score (nSPS) is 10.8. The molecule has 0 spiro atoms. The number of benzene rings is 2. The highest BCUT2D eigenvalue weighted by atomic mass is 32.1. The summed E-state index contributed by atoms with van der Waals surface area (Å²) < 4.78 is 7.68. The van der Waals surface area contributed by atoms with Gasteiger partial charge in [-0.2, -0.15) is 0 Å². The van der Waals surface area contributed by atoms with Crippen molar-refractivity contribution in [2.45, 2.75) is 117 Å². The first-order valence-electron chi connectivity index (χ1n) is 17.0. The van der Waals surface area contributed by atoms with Crippen molar-refractivity contribution in [3.63, 3.8) is 0 Å². The summed E-state index contributed by atoms with van der Waals surface area (Å²) in [5.41, 5.74) is 5.40. The number of para-hydroxylation sites is 1. The molecule has 5 heteroatoms. The van der Waals surface area contributed by atoms with Gasteiger partial charge in [-0.1, -0.05) is 133 Å². The van der Waals surface area contributed by atoms with Gasteiger partial charge in [-0.25, -0.2) is 4.98 Å². The molecule has 0 aliphatic carbocycles. The molecule has 0 saturated carbocycles. The van der Waals surface area contributed by atoms with E-state index in [4.69, 9.17) is 4.74 Å². The van der Waals surface area contributed by atoms with Crippen LogP contribution < -0.4 is 10.2 Å². The Labute approximate surface area is 267 Å². The summed E-state index contributed by atoms with van der Waals surface area (Å²) in [6, 6.07) is 21.2. The number of nitrogens with zero attached hydrogens (tertiary/aromatic N) is 2. The van der Waals surface area contributed by atoms with Crippen molar-refractivity contribution < 1.29 is 4.74 Å². The van der Waals surface area contributed by atoms with Gasteiger partial charge in [-0.05, 0) is 59.8 Å².